The van der Waals surface area contributed by atoms with E-state index in [2.05, 4.69) is 11.9 Å². The molecule has 2 amide bonds. The fourth-order valence-electron chi connectivity index (χ4n) is 0.594. The van der Waals surface area contributed by atoms with E-state index in [1.165, 1.54) is 0 Å². The van der Waals surface area contributed by atoms with Crippen LogP contribution >= 0.6 is 0 Å². The average Bonchev–Trinajstić information content (AvgIpc) is 2.01. The maximum Gasteiger partial charge on any atom is 0.253 e. The highest BCUT2D eigenvalue weighted by atomic mass is 16.2. The minimum Gasteiger partial charge on any atom is -0.322 e. The molecule has 0 heterocycles. The zero-order chi connectivity index (χ0) is 10.6. The predicted octanol–water partition coefficient (Wildman–Crippen LogP) is 0.190. The van der Waals surface area contributed by atoms with Crippen molar-refractivity contribution < 1.29 is 9.59 Å². The highest BCUT2D eigenvalue weighted by Crippen LogP contribution is 2.22. The summed E-state index contributed by atoms with van der Waals surface area (Å²) in [6.45, 7) is 8.96. The lowest BCUT2D eigenvalue weighted by Gasteiger charge is -2.20. The first kappa shape index (κ1) is 11.8. The Bertz CT molecular complexity index is 238. The first-order valence-electron chi connectivity index (χ1n) is 4.02. The molecule has 0 aliphatic carbocycles. The Balaban J connectivity index is 4.30. The SMILES string of the molecule is C=C(C(=O)NC(=O)CN)C(C)(C)C. The lowest BCUT2D eigenvalue weighted by molar-refractivity contribution is -0.128. The second-order valence-electron chi connectivity index (χ2n) is 3.81. The molecular weight excluding hydrogens is 168 g/mol. The maximum absolute atomic E-state index is 11.3. The van der Waals surface area contributed by atoms with Crippen molar-refractivity contribution in [1.29, 1.82) is 0 Å². The van der Waals surface area contributed by atoms with Crippen LogP contribution in [0.5, 0.6) is 0 Å². The zero-order valence-electron chi connectivity index (χ0n) is 8.31. The summed E-state index contributed by atoms with van der Waals surface area (Å²) in [4.78, 5) is 22.0. The molecule has 74 valence electrons. The van der Waals surface area contributed by atoms with E-state index in [1.807, 2.05) is 20.8 Å². The van der Waals surface area contributed by atoms with E-state index >= 15 is 0 Å². The van der Waals surface area contributed by atoms with Crippen LogP contribution in [0.25, 0.3) is 0 Å². The smallest absolute Gasteiger partial charge is 0.253 e. The summed E-state index contributed by atoms with van der Waals surface area (Å²) in [6, 6.07) is 0. The van der Waals surface area contributed by atoms with Gasteiger partial charge in [0.25, 0.3) is 5.91 Å². The minimum atomic E-state index is -0.490. The van der Waals surface area contributed by atoms with Gasteiger partial charge in [-0.3, -0.25) is 14.9 Å². The molecule has 0 radical (unpaired) electrons. The molecule has 4 nitrogen and oxygen atoms in total. The number of hydrogen-bond donors (Lipinski definition) is 2. The Morgan fingerprint density at radius 2 is 1.85 bits per heavy atom. The van der Waals surface area contributed by atoms with Gasteiger partial charge in [-0.1, -0.05) is 27.4 Å². The summed E-state index contributed by atoms with van der Waals surface area (Å²) in [5.41, 5.74) is 5.07. The van der Waals surface area contributed by atoms with Gasteiger partial charge in [0.2, 0.25) is 5.91 Å². The lowest BCUT2D eigenvalue weighted by atomic mass is 9.87. The summed E-state index contributed by atoms with van der Waals surface area (Å²) in [7, 11) is 0. The zero-order valence-corrected chi connectivity index (χ0v) is 8.31. The van der Waals surface area contributed by atoms with Crippen LogP contribution in [0.1, 0.15) is 20.8 Å². The van der Waals surface area contributed by atoms with E-state index < -0.39 is 11.8 Å². The number of rotatable bonds is 2. The molecule has 0 aromatic heterocycles. The van der Waals surface area contributed by atoms with Crippen molar-refractivity contribution in [3.63, 3.8) is 0 Å². The standard InChI is InChI=1S/C9H16N2O2/c1-6(9(2,3)4)8(13)11-7(12)5-10/h1,5,10H2,2-4H3,(H,11,12,13). The Morgan fingerprint density at radius 1 is 1.38 bits per heavy atom. The van der Waals surface area contributed by atoms with Crippen molar-refractivity contribution in [3.05, 3.63) is 12.2 Å². The third-order valence-electron chi connectivity index (χ3n) is 1.62. The minimum absolute atomic E-state index is 0.191. The van der Waals surface area contributed by atoms with Crippen molar-refractivity contribution in [1.82, 2.24) is 5.32 Å². The molecule has 0 spiro atoms. The van der Waals surface area contributed by atoms with Crippen LogP contribution in [0.3, 0.4) is 0 Å². The van der Waals surface area contributed by atoms with Gasteiger partial charge in [0.1, 0.15) is 0 Å². The fraction of sp³-hybridized carbons (Fsp3) is 0.556. The van der Waals surface area contributed by atoms with Crippen LogP contribution in [0, 0.1) is 5.41 Å². The van der Waals surface area contributed by atoms with Gasteiger partial charge in [0.05, 0.1) is 6.54 Å². The van der Waals surface area contributed by atoms with E-state index in [0.717, 1.165) is 0 Å². The van der Waals surface area contributed by atoms with Gasteiger partial charge in [-0.25, -0.2) is 0 Å². The van der Waals surface area contributed by atoms with Gasteiger partial charge in [0, 0.05) is 5.57 Å². The molecule has 0 aliphatic rings. The maximum atomic E-state index is 11.3. The Labute approximate surface area is 78.2 Å². The van der Waals surface area contributed by atoms with E-state index in [0.29, 0.717) is 5.57 Å². The van der Waals surface area contributed by atoms with Gasteiger partial charge in [-0.05, 0) is 5.41 Å². The number of imide groups is 1. The predicted molar refractivity (Wildman–Crippen MR) is 50.8 cm³/mol. The van der Waals surface area contributed by atoms with Crippen LogP contribution in [-0.2, 0) is 9.59 Å². The number of amides is 2. The second-order valence-corrected chi connectivity index (χ2v) is 3.81. The molecule has 0 aromatic carbocycles. The molecule has 3 N–H and O–H groups in total. The van der Waals surface area contributed by atoms with E-state index in [4.69, 9.17) is 5.73 Å². The Morgan fingerprint density at radius 3 is 2.15 bits per heavy atom. The topological polar surface area (TPSA) is 72.2 Å². The molecule has 13 heavy (non-hydrogen) atoms. The van der Waals surface area contributed by atoms with Crippen molar-refractivity contribution in [2.24, 2.45) is 11.1 Å². The third kappa shape index (κ3) is 3.85. The monoisotopic (exact) mass is 184 g/mol. The lowest BCUT2D eigenvalue weighted by Crippen LogP contribution is -2.38. The van der Waals surface area contributed by atoms with E-state index in [1.54, 1.807) is 0 Å². The highest BCUT2D eigenvalue weighted by molar-refractivity contribution is 6.04. The van der Waals surface area contributed by atoms with Gasteiger partial charge < -0.3 is 5.73 Å². The van der Waals surface area contributed by atoms with Crippen molar-refractivity contribution >= 4 is 11.8 Å². The number of nitrogens with two attached hydrogens (primary N) is 1. The molecule has 0 aliphatic heterocycles. The molecule has 0 bridgehead atoms. The second kappa shape index (κ2) is 4.18. The summed E-state index contributed by atoms with van der Waals surface area (Å²) < 4.78 is 0. The van der Waals surface area contributed by atoms with Gasteiger partial charge in [-0.15, -0.1) is 0 Å². The fourth-order valence-corrected chi connectivity index (χ4v) is 0.594. The van der Waals surface area contributed by atoms with E-state index in [9.17, 15) is 9.59 Å². The molecule has 0 unspecified atom stereocenters. The largest absolute Gasteiger partial charge is 0.322 e. The Hall–Kier alpha value is -1.16. The highest BCUT2D eigenvalue weighted by Gasteiger charge is 2.22. The number of hydrogen-bond acceptors (Lipinski definition) is 3. The molecule has 0 atom stereocenters. The first-order chi connectivity index (χ1) is 5.79. The summed E-state index contributed by atoms with van der Waals surface area (Å²) in [6.07, 6.45) is 0. The average molecular weight is 184 g/mol. The van der Waals surface area contributed by atoms with Crippen LogP contribution < -0.4 is 11.1 Å². The Kier molecular flexibility index (Phi) is 3.81. The molecule has 0 rings (SSSR count). The summed E-state index contributed by atoms with van der Waals surface area (Å²) in [5.74, 6) is -0.946. The quantitative estimate of drug-likeness (QED) is 0.602. The van der Waals surface area contributed by atoms with Gasteiger partial charge in [-0.2, -0.15) is 0 Å². The van der Waals surface area contributed by atoms with Crippen LogP contribution in [-0.4, -0.2) is 18.4 Å². The first-order valence-corrected chi connectivity index (χ1v) is 4.02. The molecule has 0 saturated heterocycles. The van der Waals surface area contributed by atoms with Gasteiger partial charge in [0.15, 0.2) is 0 Å². The number of carbonyl (C=O) groups is 2. The molecule has 0 saturated carbocycles. The third-order valence-corrected chi connectivity index (χ3v) is 1.62. The molecule has 4 heteroatoms. The summed E-state index contributed by atoms with van der Waals surface area (Å²) in [5, 5.41) is 2.13. The summed E-state index contributed by atoms with van der Waals surface area (Å²) >= 11 is 0. The number of carbonyl (C=O) groups excluding carboxylic acids is 2. The molecular formula is C9H16N2O2. The van der Waals surface area contributed by atoms with Crippen LogP contribution in [0.4, 0.5) is 0 Å². The van der Waals surface area contributed by atoms with Crippen LogP contribution in [0.2, 0.25) is 0 Å². The normalized spacial score (nSPS) is 10.8. The van der Waals surface area contributed by atoms with Crippen LogP contribution in [0.15, 0.2) is 12.2 Å². The van der Waals surface area contributed by atoms with Crippen molar-refractivity contribution in [2.45, 2.75) is 20.8 Å². The van der Waals surface area contributed by atoms with Crippen molar-refractivity contribution in [2.75, 3.05) is 6.54 Å². The molecule has 0 fully saturated rings. The van der Waals surface area contributed by atoms with E-state index in [-0.39, 0.29) is 12.0 Å². The number of nitrogens with one attached hydrogen (secondary N) is 1. The molecule has 0 aromatic rings. The van der Waals surface area contributed by atoms with Gasteiger partial charge >= 0.3 is 0 Å². The van der Waals surface area contributed by atoms with Crippen molar-refractivity contribution in [3.8, 4) is 0 Å².